The minimum atomic E-state index is -0.821. The van der Waals surface area contributed by atoms with E-state index in [9.17, 15) is 9.59 Å². The quantitative estimate of drug-likeness (QED) is 0.537. The first-order valence-electron chi connectivity index (χ1n) is 11.0. The average Bonchev–Trinajstić information content (AvgIpc) is 2.79. The van der Waals surface area contributed by atoms with Crippen molar-refractivity contribution < 1.29 is 9.59 Å². The third-order valence-corrected chi connectivity index (χ3v) is 6.69. The zero-order valence-electron chi connectivity index (χ0n) is 17.9. The maximum Gasteiger partial charge on any atom is 0.247 e. The molecule has 1 saturated carbocycles. The molecule has 4 nitrogen and oxygen atoms in total. The molecule has 0 aliphatic heterocycles. The average molecular weight is 461 g/mol. The fourth-order valence-electron chi connectivity index (χ4n) is 4.31. The summed E-state index contributed by atoms with van der Waals surface area (Å²) in [4.78, 5) is 28.0. The summed E-state index contributed by atoms with van der Waals surface area (Å²) in [5.74, 6) is -0.262. The molecule has 0 heterocycles. The SMILES string of the molecule is C[C@@H]1CCCC[C@H]1NC(=O)[C@H](c1ccccc1Cl)N(CCc1ccccc1)C(=O)CCl. The van der Waals surface area contributed by atoms with Crippen LogP contribution in [0.2, 0.25) is 5.02 Å². The van der Waals surface area contributed by atoms with Gasteiger partial charge in [0.2, 0.25) is 11.8 Å². The molecule has 3 rings (SSSR count). The molecule has 0 saturated heterocycles. The van der Waals surface area contributed by atoms with Crippen LogP contribution in [0.3, 0.4) is 0 Å². The molecule has 1 N–H and O–H groups in total. The van der Waals surface area contributed by atoms with Crippen LogP contribution in [0, 0.1) is 5.92 Å². The Morgan fingerprint density at radius 3 is 2.42 bits per heavy atom. The number of alkyl halides is 1. The van der Waals surface area contributed by atoms with Gasteiger partial charge in [0.15, 0.2) is 0 Å². The number of nitrogens with zero attached hydrogens (tertiary/aromatic N) is 1. The second-order valence-electron chi connectivity index (χ2n) is 8.26. The van der Waals surface area contributed by atoms with Gasteiger partial charge in [0.1, 0.15) is 11.9 Å². The van der Waals surface area contributed by atoms with E-state index in [1.807, 2.05) is 48.5 Å². The molecule has 0 unspecified atom stereocenters. The summed E-state index contributed by atoms with van der Waals surface area (Å²) in [6.45, 7) is 2.55. The van der Waals surface area contributed by atoms with Crippen LogP contribution in [0.1, 0.15) is 49.8 Å². The summed E-state index contributed by atoms with van der Waals surface area (Å²) in [6, 6.07) is 16.4. The van der Waals surface area contributed by atoms with E-state index in [4.69, 9.17) is 23.2 Å². The number of rotatable bonds is 8. The van der Waals surface area contributed by atoms with Crippen LogP contribution in [-0.2, 0) is 16.0 Å². The maximum atomic E-state index is 13.6. The zero-order valence-corrected chi connectivity index (χ0v) is 19.4. The molecule has 3 atom stereocenters. The van der Waals surface area contributed by atoms with Gasteiger partial charge < -0.3 is 10.2 Å². The van der Waals surface area contributed by atoms with Crippen molar-refractivity contribution in [1.82, 2.24) is 10.2 Å². The Morgan fingerprint density at radius 2 is 1.74 bits per heavy atom. The predicted octanol–water partition coefficient (Wildman–Crippen LogP) is 5.39. The van der Waals surface area contributed by atoms with Crippen molar-refractivity contribution in [2.75, 3.05) is 12.4 Å². The monoisotopic (exact) mass is 460 g/mol. The van der Waals surface area contributed by atoms with Crippen LogP contribution in [0.4, 0.5) is 0 Å². The molecule has 2 amide bonds. The third kappa shape index (κ3) is 6.24. The van der Waals surface area contributed by atoms with Gasteiger partial charge in [0.25, 0.3) is 0 Å². The molecule has 2 aromatic rings. The van der Waals surface area contributed by atoms with Crippen molar-refractivity contribution in [3.63, 3.8) is 0 Å². The largest absolute Gasteiger partial charge is 0.351 e. The van der Waals surface area contributed by atoms with E-state index >= 15 is 0 Å². The standard InChI is InChI=1S/C25H30Cl2N2O2/c1-18-9-5-8-14-22(18)28-25(31)24(20-12-6-7-13-21(20)27)29(23(30)17-26)16-15-19-10-3-2-4-11-19/h2-4,6-7,10-13,18,22,24H,5,8-9,14-17H2,1H3,(H,28,31)/t18-,22-,24+/m1/s1. The predicted molar refractivity (Wildman–Crippen MR) is 126 cm³/mol. The number of hydrogen-bond acceptors (Lipinski definition) is 2. The van der Waals surface area contributed by atoms with Crippen LogP contribution in [0.25, 0.3) is 0 Å². The molecule has 1 aliphatic carbocycles. The summed E-state index contributed by atoms with van der Waals surface area (Å²) < 4.78 is 0. The summed E-state index contributed by atoms with van der Waals surface area (Å²) >= 11 is 12.5. The summed E-state index contributed by atoms with van der Waals surface area (Å²) in [5, 5.41) is 3.68. The first-order chi connectivity index (χ1) is 15.0. The number of amides is 2. The summed E-state index contributed by atoms with van der Waals surface area (Å²) in [7, 11) is 0. The van der Waals surface area contributed by atoms with E-state index in [0.717, 1.165) is 24.8 Å². The van der Waals surface area contributed by atoms with Crippen molar-refractivity contribution in [2.45, 2.75) is 51.1 Å². The van der Waals surface area contributed by atoms with Crippen molar-refractivity contribution in [2.24, 2.45) is 5.92 Å². The van der Waals surface area contributed by atoms with E-state index in [0.29, 0.717) is 29.5 Å². The molecule has 166 valence electrons. The highest BCUT2D eigenvalue weighted by Gasteiger charge is 2.34. The highest BCUT2D eigenvalue weighted by Crippen LogP contribution is 2.30. The Hall–Kier alpha value is -2.04. The first kappa shape index (κ1) is 23.6. The molecule has 0 radical (unpaired) electrons. The highest BCUT2D eigenvalue weighted by molar-refractivity contribution is 6.31. The maximum absolute atomic E-state index is 13.6. The van der Waals surface area contributed by atoms with E-state index in [1.165, 1.54) is 6.42 Å². The van der Waals surface area contributed by atoms with Gasteiger partial charge >= 0.3 is 0 Å². The molecule has 6 heteroatoms. The molecular weight excluding hydrogens is 431 g/mol. The van der Waals surface area contributed by atoms with Gasteiger partial charge in [-0.25, -0.2) is 0 Å². The molecule has 0 spiro atoms. The van der Waals surface area contributed by atoms with Gasteiger partial charge in [0, 0.05) is 23.2 Å². The van der Waals surface area contributed by atoms with Gasteiger partial charge in [-0.15, -0.1) is 11.6 Å². The van der Waals surface area contributed by atoms with Gasteiger partial charge in [-0.3, -0.25) is 9.59 Å². The second kappa shape index (κ2) is 11.5. The Bertz CT molecular complexity index is 875. The van der Waals surface area contributed by atoms with Crippen LogP contribution in [-0.4, -0.2) is 35.2 Å². The Morgan fingerprint density at radius 1 is 1.06 bits per heavy atom. The second-order valence-corrected chi connectivity index (χ2v) is 8.93. The number of hydrogen-bond donors (Lipinski definition) is 1. The molecule has 1 aliphatic rings. The molecule has 0 bridgehead atoms. The van der Waals surface area contributed by atoms with Gasteiger partial charge in [-0.1, -0.05) is 79.9 Å². The van der Waals surface area contributed by atoms with Gasteiger partial charge in [0.05, 0.1) is 0 Å². The van der Waals surface area contributed by atoms with Crippen LogP contribution in [0.15, 0.2) is 54.6 Å². The van der Waals surface area contributed by atoms with Gasteiger partial charge in [-0.2, -0.15) is 0 Å². The molecular formula is C25H30Cl2N2O2. The van der Waals surface area contributed by atoms with Crippen molar-refractivity contribution in [1.29, 1.82) is 0 Å². The Kier molecular flexibility index (Phi) is 8.79. The third-order valence-electron chi connectivity index (χ3n) is 6.12. The lowest BCUT2D eigenvalue weighted by Crippen LogP contribution is -2.49. The lowest BCUT2D eigenvalue weighted by molar-refractivity contribution is -0.139. The normalized spacial score (nSPS) is 19.5. The van der Waals surface area contributed by atoms with Gasteiger partial charge in [-0.05, 0) is 36.8 Å². The van der Waals surface area contributed by atoms with E-state index in [1.54, 1.807) is 11.0 Å². The number of carbonyl (C=O) groups is 2. The lowest BCUT2D eigenvalue weighted by atomic mass is 9.85. The lowest BCUT2D eigenvalue weighted by Gasteiger charge is -2.35. The van der Waals surface area contributed by atoms with E-state index < -0.39 is 6.04 Å². The van der Waals surface area contributed by atoms with Crippen LogP contribution < -0.4 is 5.32 Å². The molecule has 31 heavy (non-hydrogen) atoms. The highest BCUT2D eigenvalue weighted by atomic mass is 35.5. The van der Waals surface area contributed by atoms with Crippen molar-refractivity contribution in [3.05, 3.63) is 70.7 Å². The van der Waals surface area contributed by atoms with Crippen molar-refractivity contribution in [3.8, 4) is 0 Å². The van der Waals surface area contributed by atoms with Crippen LogP contribution >= 0.6 is 23.2 Å². The topological polar surface area (TPSA) is 49.4 Å². The molecule has 0 aromatic heterocycles. The van der Waals surface area contributed by atoms with Crippen molar-refractivity contribution >= 4 is 35.0 Å². The van der Waals surface area contributed by atoms with Crippen LogP contribution in [0.5, 0.6) is 0 Å². The van der Waals surface area contributed by atoms with E-state index in [-0.39, 0.29) is 23.7 Å². The number of carbonyl (C=O) groups excluding carboxylic acids is 2. The number of nitrogens with one attached hydrogen (secondary N) is 1. The fraction of sp³-hybridized carbons (Fsp3) is 0.440. The minimum absolute atomic E-state index is 0.105. The molecule has 2 aromatic carbocycles. The number of benzene rings is 2. The summed E-state index contributed by atoms with van der Waals surface area (Å²) in [5.41, 5.74) is 1.71. The first-order valence-corrected chi connectivity index (χ1v) is 11.9. The minimum Gasteiger partial charge on any atom is -0.351 e. The Labute approximate surface area is 194 Å². The Balaban J connectivity index is 1.90. The zero-order chi connectivity index (χ0) is 22.2. The smallest absolute Gasteiger partial charge is 0.247 e. The number of halogens is 2. The molecule has 1 fully saturated rings. The van der Waals surface area contributed by atoms with E-state index in [2.05, 4.69) is 12.2 Å². The fourth-order valence-corrected chi connectivity index (χ4v) is 4.70. The summed E-state index contributed by atoms with van der Waals surface area (Å²) in [6.07, 6.45) is 4.97.